The Labute approximate surface area is 340 Å². The van der Waals surface area contributed by atoms with E-state index >= 15 is 0 Å². The van der Waals surface area contributed by atoms with Gasteiger partial charge in [0.1, 0.15) is 0 Å². The number of nitrogens with zero attached hydrogens (tertiary/aromatic N) is 4. The Morgan fingerprint density at radius 1 is 0.305 bits per heavy atom. The molecule has 59 heavy (non-hydrogen) atoms. The summed E-state index contributed by atoms with van der Waals surface area (Å²) >= 11 is 0. The second kappa shape index (κ2) is 13.0. The third-order valence-electron chi connectivity index (χ3n) is 12.0. The summed E-state index contributed by atoms with van der Waals surface area (Å²) in [5, 5.41) is 17.5. The summed E-state index contributed by atoms with van der Waals surface area (Å²) in [6, 6.07) is 76.2. The molecule has 3 aromatic heterocycles. The fraction of sp³-hybridized carbons (Fsp3) is 0. The van der Waals surface area contributed by atoms with Crippen LogP contribution in [0.15, 0.2) is 206 Å². The van der Waals surface area contributed by atoms with Crippen LogP contribution >= 0.6 is 0 Å². The summed E-state index contributed by atoms with van der Waals surface area (Å²) in [5.74, 6) is 0. The van der Waals surface area contributed by atoms with Crippen LogP contribution in [0.2, 0.25) is 0 Å². The van der Waals surface area contributed by atoms with Crippen LogP contribution in [-0.2, 0) is 0 Å². The molecule has 12 aromatic rings. The molecule has 274 valence electrons. The van der Waals surface area contributed by atoms with E-state index in [1.807, 2.05) is 24.3 Å². The van der Waals surface area contributed by atoms with Crippen molar-refractivity contribution in [1.29, 1.82) is 5.26 Å². The van der Waals surface area contributed by atoms with Crippen LogP contribution in [0.4, 0.5) is 0 Å². The van der Waals surface area contributed by atoms with E-state index in [0.717, 1.165) is 61.4 Å². The van der Waals surface area contributed by atoms with Gasteiger partial charge in [-0.15, -0.1) is 0 Å². The van der Waals surface area contributed by atoms with Crippen molar-refractivity contribution in [2.45, 2.75) is 0 Å². The molecule has 0 saturated carbocycles. The lowest BCUT2D eigenvalue weighted by Crippen LogP contribution is -2.02. The first-order chi connectivity index (χ1) is 29.2. The van der Waals surface area contributed by atoms with Crippen LogP contribution in [0.1, 0.15) is 5.56 Å². The molecule has 9 aromatic carbocycles. The van der Waals surface area contributed by atoms with E-state index in [0.29, 0.717) is 5.56 Å². The topological polar surface area (TPSA) is 38.6 Å². The van der Waals surface area contributed by atoms with Gasteiger partial charge in [-0.25, -0.2) is 0 Å². The maximum Gasteiger partial charge on any atom is 0.0998 e. The molecule has 0 spiro atoms. The number of rotatable bonds is 5. The lowest BCUT2D eigenvalue weighted by Gasteiger charge is -2.17. The molecule has 0 amide bonds. The zero-order chi connectivity index (χ0) is 39.0. The smallest absolute Gasteiger partial charge is 0.0998 e. The molecule has 0 radical (unpaired) electrons. The molecular formula is C55H34N4. The SMILES string of the molecule is N#Cc1ccc(-c2cc(-n3c4ccccc4c4ccccc43)cc(-n3c4ccccc4c4ccc5c6ccccc6n(-c6ccccc6)c5c43)c2)cc1-c1ccccc1. The first-order valence-electron chi connectivity index (χ1n) is 20.0. The second-order valence-corrected chi connectivity index (χ2v) is 15.2. The lowest BCUT2D eigenvalue weighted by molar-refractivity contribution is 1.13. The molecule has 3 heterocycles. The maximum atomic E-state index is 10.3. The predicted molar refractivity (Wildman–Crippen MR) is 245 cm³/mol. The Bertz CT molecular complexity index is 3620. The Kier molecular flexibility index (Phi) is 7.26. The minimum absolute atomic E-state index is 0.650. The summed E-state index contributed by atoms with van der Waals surface area (Å²) < 4.78 is 7.32. The van der Waals surface area contributed by atoms with Gasteiger partial charge in [-0.2, -0.15) is 5.26 Å². The van der Waals surface area contributed by atoms with Crippen molar-refractivity contribution in [3.63, 3.8) is 0 Å². The Morgan fingerprint density at radius 2 is 0.746 bits per heavy atom. The fourth-order valence-corrected chi connectivity index (χ4v) is 9.51. The highest BCUT2D eigenvalue weighted by Crippen LogP contribution is 2.43. The van der Waals surface area contributed by atoms with E-state index in [9.17, 15) is 5.26 Å². The van der Waals surface area contributed by atoms with Crippen LogP contribution in [0.25, 0.3) is 105 Å². The fourth-order valence-electron chi connectivity index (χ4n) is 9.51. The van der Waals surface area contributed by atoms with Gasteiger partial charge in [-0.05, 0) is 83.4 Å². The largest absolute Gasteiger partial charge is 0.309 e. The zero-order valence-electron chi connectivity index (χ0n) is 31.9. The monoisotopic (exact) mass is 750 g/mol. The highest BCUT2D eigenvalue weighted by Gasteiger charge is 2.23. The minimum Gasteiger partial charge on any atom is -0.309 e. The van der Waals surface area contributed by atoms with Crippen LogP contribution in [-0.4, -0.2) is 13.7 Å². The number of hydrogen-bond acceptors (Lipinski definition) is 1. The van der Waals surface area contributed by atoms with Crippen molar-refractivity contribution >= 4 is 65.4 Å². The van der Waals surface area contributed by atoms with Crippen molar-refractivity contribution < 1.29 is 0 Å². The molecule has 0 N–H and O–H groups in total. The van der Waals surface area contributed by atoms with Gasteiger partial charge >= 0.3 is 0 Å². The Hall–Kier alpha value is -8.13. The zero-order valence-corrected chi connectivity index (χ0v) is 31.9. The number of hydrogen-bond donors (Lipinski definition) is 0. The van der Waals surface area contributed by atoms with Crippen LogP contribution in [0.5, 0.6) is 0 Å². The van der Waals surface area contributed by atoms with Crippen LogP contribution in [0, 0.1) is 11.3 Å². The summed E-state index contributed by atoms with van der Waals surface area (Å²) in [5.41, 5.74) is 14.8. The third kappa shape index (κ3) is 4.95. The van der Waals surface area contributed by atoms with Crippen molar-refractivity contribution in [3.05, 3.63) is 212 Å². The summed E-state index contributed by atoms with van der Waals surface area (Å²) in [4.78, 5) is 0. The van der Waals surface area contributed by atoms with Gasteiger partial charge in [0.2, 0.25) is 0 Å². The molecule has 4 nitrogen and oxygen atoms in total. The van der Waals surface area contributed by atoms with Gasteiger partial charge in [0.25, 0.3) is 0 Å². The molecule has 0 fully saturated rings. The molecule has 0 saturated heterocycles. The number of fused-ring (bicyclic) bond motifs is 10. The third-order valence-corrected chi connectivity index (χ3v) is 12.0. The van der Waals surface area contributed by atoms with Crippen molar-refractivity contribution in [2.75, 3.05) is 0 Å². The highest BCUT2D eigenvalue weighted by molar-refractivity contribution is 6.24. The van der Waals surface area contributed by atoms with Gasteiger partial charge in [0.05, 0.1) is 44.7 Å². The standard InChI is InChI=1S/C55H34N4/c56-35-38-28-27-37(33-49(38)36-15-3-1-4-16-36)39-31-41(57-50-23-11-7-19-43(50)44-20-8-12-24-51(44)57)34-42(32-39)59-53-26-14-10-22-46(53)48-30-29-47-45-21-9-13-25-52(45)58(54(47)55(48)59)40-17-5-2-6-18-40/h1-34H. The molecule has 12 rings (SSSR count). The van der Waals surface area contributed by atoms with Crippen molar-refractivity contribution in [3.8, 4) is 45.4 Å². The van der Waals surface area contributed by atoms with Crippen LogP contribution < -0.4 is 0 Å². The number of aromatic nitrogens is 3. The molecule has 0 aliphatic rings. The van der Waals surface area contributed by atoms with E-state index < -0.39 is 0 Å². The van der Waals surface area contributed by atoms with E-state index in [2.05, 4.69) is 202 Å². The quantitative estimate of drug-likeness (QED) is 0.173. The van der Waals surface area contributed by atoms with Crippen molar-refractivity contribution in [1.82, 2.24) is 13.7 Å². The van der Waals surface area contributed by atoms with Crippen LogP contribution in [0.3, 0.4) is 0 Å². The van der Waals surface area contributed by atoms with E-state index in [-0.39, 0.29) is 0 Å². The number of nitriles is 1. The molecule has 0 unspecified atom stereocenters. The van der Waals surface area contributed by atoms with Gasteiger partial charge in [0.15, 0.2) is 0 Å². The van der Waals surface area contributed by atoms with E-state index in [1.165, 1.54) is 43.4 Å². The average Bonchev–Trinajstić information content (AvgIpc) is 3.95. The predicted octanol–water partition coefficient (Wildman–Crippen LogP) is 14.2. The van der Waals surface area contributed by atoms with E-state index in [1.54, 1.807) is 0 Å². The molecule has 0 bridgehead atoms. The normalized spacial score (nSPS) is 11.7. The lowest BCUT2D eigenvalue weighted by atomic mass is 9.94. The van der Waals surface area contributed by atoms with Gasteiger partial charge < -0.3 is 13.7 Å². The maximum absolute atomic E-state index is 10.3. The highest BCUT2D eigenvalue weighted by atomic mass is 15.1. The Balaban J connectivity index is 1.24. The summed E-state index contributed by atoms with van der Waals surface area (Å²) in [7, 11) is 0. The molecular weight excluding hydrogens is 717 g/mol. The Morgan fingerprint density at radius 3 is 1.29 bits per heavy atom. The number of benzene rings is 9. The molecule has 0 aliphatic heterocycles. The van der Waals surface area contributed by atoms with Crippen molar-refractivity contribution in [2.24, 2.45) is 0 Å². The summed E-state index contributed by atoms with van der Waals surface area (Å²) in [6.45, 7) is 0. The first-order valence-corrected chi connectivity index (χ1v) is 20.0. The average molecular weight is 751 g/mol. The molecule has 0 aliphatic carbocycles. The first kappa shape index (κ1) is 33.1. The molecule has 0 atom stereocenters. The molecule has 4 heteroatoms. The number of para-hydroxylation sites is 5. The minimum atomic E-state index is 0.650. The van der Waals surface area contributed by atoms with E-state index in [4.69, 9.17) is 0 Å². The van der Waals surface area contributed by atoms with Gasteiger partial charge in [0, 0.05) is 54.9 Å². The second-order valence-electron chi connectivity index (χ2n) is 15.2. The van der Waals surface area contributed by atoms with Gasteiger partial charge in [-0.3, -0.25) is 0 Å². The van der Waals surface area contributed by atoms with Gasteiger partial charge in [-0.1, -0.05) is 140 Å². The summed E-state index contributed by atoms with van der Waals surface area (Å²) in [6.07, 6.45) is 0.